The van der Waals surface area contributed by atoms with Crippen molar-refractivity contribution in [2.45, 2.75) is 59.0 Å². The van der Waals surface area contributed by atoms with E-state index in [9.17, 15) is 5.11 Å². The van der Waals surface area contributed by atoms with Gasteiger partial charge in [0.2, 0.25) is 0 Å². The van der Waals surface area contributed by atoms with Gasteiger partial charge in [0.05, 0.1) is 6.10 Å². The Morgan fingerprint density at radius 2 is 1.78 bits per heavy atom. The average molecular weight is 256 g/mol. The summed E-state index contributed by atoms with van der Waals surface area (Å²) in [7, 11) is 0. The topological polar surface area (TPSA) is 35.5 Å². The fourth-order valence-corrected chi connectivity index (χ4v) is 2.86. The van der Waals surface area contributed by atoms with Gasteiger partial charge in [-0.15, -0.1) is 0 Å². The number of likely N-dealkylation sites (tertiary alicyclic amines) is 1. The zero-order valence-electron chi connectivity index (χ0n) is 12.5. The van der Waals surface area contributed by atoms with E-state index in [2.05, 4.69) is 31.0 Å². The minimum Gasteiger partial charge on any atom is -0.393 e. The number of hydrogen-bond donors (Lipinski definition) is 2. The molecule has 0 aromatic rings. The molecule has 3 nitrogen and oxygen atoms in total. The van der Waals surface area contributed by atoms with Crippen molar-refractivity contribution in [2.75, 3.05) is 32.7 Å². The number of rotatable bonds is 8. The summed E-state index contributed by atoms with van der Waals surface area (Å²) in [5.74, 6) is 0. The van der Waals surface area contributed by atoms with Crippen LogP contribution < -0.4 is 5.32 Å². The first-order valence-corrected chi connectivity index (χ1v) is 7.77. The third-order valence-corrected chi connectivity index (χ3v) is 4.54. The summed E-state index contributed by atoms with van der Waals surface area (Å²) in [5.41, 5.74) is 0.414. The van der Waals surface area contributed by atoms with Gasteiger partial charge >= 0.3 is 0 Å². The van der Waals surface area contributed by atoms with E-state index in [1.165, 1.54) is 25.8 Å². The Kier molecular flexibility index (Phi) is 7.20. The summed E-state index contributed by atoms with van der Waals surface area (Å²) >= 11 is 0. The molecule has 0 spiro atoms. The van der Waals surface area contributed by atoms with Crippen LogP contribution in [-0.2, 0) is 0 Å². The van der Waals surface area contributed by atoms with Crippen LogP contribution in [0.25, 0.3) is 0 Å². The van der Waals surface area contributed by atoms with E-state index in [1.54, 1.807) is 0 Å². The summed E-state index contributed by atoms with van der Waals surface area (Å²) in [6, 6.07) is 0. The first kappa shape index (κ1) is 15.9. The van der Waals surface area contributed by atoms with Crippen molar-refractivity contribution in [1.82, 2.24) is 10.2 Å². The Hall–Kier alpha value is -0.120. The van der Waals surface area contributed by atoms with Crippen LogP contribution in [0, 0.1) is 5.41 Å². The average Bonchev–Trinajstić information content (AvgIpc) is 2.40. The monoisotopic (exact) mass is 256 g/mol. The van der Waals surface area contributed by atoms with Gasteiger partial charge in [0.25, 0.3) is 0 Å². The molecule has 0 aromatic heterocycles. The molecule has 1 aliphatic rings. The highest BCUT2D eigenvalue weighted by Crippen LogP contribution is 2.28. The van der Waals surface area contributed by atoms with Crippen LogP contribution in [0.1, 0.15) is 52.9 Å². The number of nitrogens with one attached hydrogen (secondary N) is 1. The van der Waals surface area contributed by atoms with Gasteiger partial charge in [0.1, 0.15) is 0 Å². The second kappa shape index (κ2) is 8.13. The number of aliphatic hydroxyl groups is 1. The second-order valence-corrected chi connectivity index (χ2v) is 5.89. The summed E-state index contributed by atoms with van der Waals surface area (Å²) in [6.07, 6.45) is 5.52. The molecule has 1 heterocycles. The van der Waals surface area contributed by atoms with Crippen molar-refractivity contribution in [3.8, 4) is 0 Å². The highest BCUT2D eigenvalue weighted by atomic mass is 16.3. The van der Waals surface area contributed by atoms with E-state index in [-0.39, 0.29) is 6.10 Å². The zero-order chi connectivity index (χ0) is 13.4. The van der Waals surface area contributed by atoms with Crippen molar-refractivity contribution in [3.63, 3.8) is 0 Å². The summed E-state index contributed by atoms with van der Waals surface area (Å²) in [6.45, 7) is 12.4. The quantitative estimate of drug-likeness (QED) is 0.654. The van der Waals surface area contributed by atoms with Crippen LogP contribution in [-0.4, -0.2) is 48.8 Å². The van der Waals surface area contributed by atoms with Crippen molar-refractivity contribution in [1.29, 1.82) is 0 Å². The molecular weight excluding hydrogens is 224 g/mol. The van der Waals surface area contributed by atoms with Crippen LogP contribution in [0.15, 0.2) is 0 Å². The van der Waals surface area contributed by atoms with Gasteiger partial charge in [-0.05, 0) is 44.1 Å². The lowest BCUT2D eigenvalue weighted by Gasteiger charge is -2.40. The molecule has 0 amide bonds. The minimum absolute atomic E-state index is 0.0582. The molecule has 1 saturated heterocycles. The predicted octanol–water partition coefficient (Wildman–Crippen LogP) is 2.25. The van der Waals surface area contributed by atoms with Gasteiger partial charge in [-0.2, -0.15) is 0 Å². The molecule has 0 aliphatic carbocycles. The first-order chi connectivity index (χ1) is 8.65. The zero-order valence-corrected chi connectivity index (χ0v) is 12.5. The number of aliphatic hydroxyl groups excluding tert-OH is 1. The summed E-state index contributed by atoms with van der Waals surface area (Å²) in [5, 5.41) is 13.2. The van der Waals surface area contributed by atoms with Crippen molar-refractivity contribution >= 4 is 0 Å². The second-order valence-electron chi connectivity index (χ2n) is 5.89. The molecule has 3 heteroatoms. The Balaban J connectivity index is 2.44. The predicted molar refractivity (Wildman–Crippen MR) is 77.9 cm³/mol. The summed E-state index contributed by atoms with van der Waals surface area (Å²) in [4.78, 5) is 2.55. The molecule has 1 fully saturated rings. The van der Waals surface area contributed by atoms with E-state index < -0.39 is 0 Å². The largest absolute Gasteiger partial charge is 0.393 e. The lowest BCUT2D eigenvalue weighted by molar-refractivity contribution is 0.0528. The lowest BCUT2D eigenvalue weighted by Crippen LogP contribution is -2.47. The minimum atomic E-state index is -0.0582. The van der Waals surface area contributed by atoms with Crippen molar-refractivity contribution in [3.05, 3.63) is 0 Å². The highest BCUT2D eigenvalue weighted by Gasteiger charge is 2.29. The Bertz CT molecular complexity index is 209. The van der Waals surface area contributed by atoms with Crippen LogP contribution in [0.2, 0.25) is 0 Å². The Labute approximate surface area is 113 Å². The number of nitrogens with zero attached hydrogens (tertiary/aromatic N) is 1. The van der Waals surface area contributed by atoms with Crippen LogP contribution in [0.3, 0.4) is 0 Å². The van der Waals surface area contributed by atoms with Gasteiger partial charge in [-0.25, -0.2) is 0 Å². The van der Waals surface area contributed by atoms with Crippen molar-refractivity contribution < 1.29 is 5.11 Å². The molecule has 1 rings (SSSR count). The highest BCUT2D eigenvalue weighted by molar-refractivity contribution is 4.84. The van der Waals surface area contributed by atoms with Gasteiger partial charge in [-0.1, -0.05) is 20.8 Å². The van der Waals surface area contributed by atoms with E-state index in [0.29, 0.717) is 5.41 Å². The Morgan fingerprint density at radius 3 is 2.28 bits per heavy atom. The van der Waals surface area contributed by atoms with Crippen LogP contribution >= 0.6 is 0 Å². The first-order valence-electron chi connectivity index (χ1n) is 7.77. The van der Waals surface area contributed by atoms with E-state index in [1.807, 2.05) is 0 Å². The molecule has 0 atom stereocenters. The molecule has 0 radical (unpaired) electrons. The third-order valence-electron chi connectivity index (χ3n) is 4.54. The molecule has 1 aliphatic heterocycles. The van der Waals surface area contributed by atoms with E-state index in [0.717, 1.165) is 39.0 Å². The van der Waals surface area contributed by atoms with E-state index >= 15 is 0 Å². The van der Waals surface area contributed by atoms with Crippen LogP contribution in [0.5, 0.6) is 0 Å². The fourth-order valence-electron chi connectivity index (χ4n) is 2.86. The van der Waals surface area contributed by atoms with E-state index in [4.69, 9.17) is 0 Å². The smallest absolute Gasteiger partial charge is 0.0564 e. The van der Waals surface area contributed by atoms with Gasteiger partial charge < -0.3 is 15.3 Å². The van der Waals surface area contributed by atoms with Gasteiger partial charge in [-0.3, -0.25) is 0 Å². The summed E-state index contributed by atoms with van der Waals surface area (Å²) < 4.78 is 0. The van der Waals surface area contributed by atoms with Crippen molar-refractivity contribution in [2.24, 2.45) is 5.41 Å². The molecule has 0 saturated carbocycles. The molecule has 0 aromatic carbocycles. The van der Waals surface area contributed by atoms with Gasteiger partial charge in [0, 0.05) is 26.2 Å². The maximum atomic E-state index is 9.57. The normalized spacial score (nSPS) is 19.3. The molecule has 0 unspecified atom stereocenters. The molecule has 2 N–H and O–H groups in total. The standard InChI is InChI=1S/C15H32N2O/c1-4-9-16-12-15(5-2,6-3)13-17-10-7-14(18)8-11-17/h14,16,18H,4-13H2,1-3H3. The molecule has 108 valence electrons. The SMILES string of the molecule is CCCNCC(CC)(CC)CN1CCC(O)CC1. The molecule has 0 bridgehead atoms. The maximum Gasteiger partial charge on any atom is 0.0564 e. The maximum absolute atomic E-state index is 9.57. The fraction of sp³-hybridized carbons (Fsp3) is 1.00. The van der Waals surface area contributed by atoms with Crippen LogP contribution in [0.4, 0.5) is 0 Å². The van der Waals surface area contributed by atoms with Gasteiger partial charge in [0.15, 0.2) is 0 Å². The Morgan fingerprint density at radius 1 is 1.17 bits per heavy atom. The number of hydrogen-bond acceptors (Lipinski definition) is 3. The molecule has 18 heavy (non-hydrogen) atoms. The number of piperidine rings is 1. The third kappa shape index (κ3) is 4.87. The lowest BCUT2D eigenvalue weighted by atomic mass is 9.81. The molecular formula is C15H32N2O.